The Morgan fingerprint density at radius 1 is 1.10 bits per heavy atom. The molecule has 11 heteroatoms. The van der Waals surface area contributed by atoms with E-state index in [1.807, 2.05) is 13.8 Å². The van der Waals surface area contributed by atoms with Crippen molar-refractivity contribution in [3.63, 3.8) is 0 Å². The number of hydrogen-bond donors (Lipinski definition) is 1. The SMILES string of the molecule is CCCCc1nc(O)c(S(=O)(=O)c2ccc(-c3ccnc(F)c3C)cc2)c(=O)n1C(CC)c1cccc2c1OCO2. The van der Waals surface area contributed by atoms with Crippen molar-refractivity contribution in [3.8, 4) is 28.5 Å². The molecule has 41 heavy (non-hydrogen) atoms. The summed E-state index contributed by atoms with van der Waals surface area (Å²) in [5.74, 6) is -0.162. The highest BCUT2D eigenvalue weighted by Gasteiger charge is 2.33. The van der Waals surface area contributed by atoms with Crippen LogP contribution in [0.15, 0.2) is 69.3 Å². The average molecular weight is 580 g/mol. The normalized spacial score (nSPS) is 13.4. The predicted octanol–water partition coefficient (Wildman–Crippen LogP) is 5.36. The topological polar surface area (TPSA) is 121 Å². The van der Waals surface area contributed by atoms with E-state index in [2.05, 4.69) is 9.97 Å². The van der Waals surface area contributed by atoms with Gasteiger partial charge in [-0.2, -0.15) is 9.37 Å². The molecule has 0 aliphatic carbocycles. The lowest BCUT2D eigenvalue weighted by molar-refractivity contribution is 0.172. The van der Waals surface area contributed by atoms with Crippen molar-refractivity contribution in [2.75, 3.05) is 6.79 Å². The number of nitrogens with zero attached hydrogens (tertiary/aromatic N) is 3. The van der Waals surface area contributed by atoms with Gasteiger partial charge < -0.3 is 14.6 Å². The lowest BCUT2D eigenvalue weighted by Gasteiger charge is -2.24. The maximum atomic E-state index is 14.1. The Bertz CT molecular complexity index is 1770. The number of aryl methyl sites for hydroxylation is 1. The van der Waals surface area contributed by atoms with E-state index in [-0.39, 0.29) is 17.5 Å². The van der Waals surface area contributed by atoms with Gasteiger partial charge in [-0.25, -0.2) is 13.4 Å². The minimum atomic E-state index is -4.50. The lowest BCUT2D eigenvalue weighted by Crippen LogP contribution is -2.33. The molecule has 0 amide bonds. The number of unbranched alkanes of at least 4 members (excludes halogenated alkanes) is 1. The minimum absolute atomic E-state index is 0.0372. The molecular weight excluding hydrogens is 549 g/mol. The third-order valence-corrected chi connectivity index (χ3v) is 9.04. The highest BCUT2D eigenvalue weighted by atomic mass is 32.2. The smallest absolute Gasteiger partial charge is 0.277 e. The summed E-state index contributed by atoms with van der Waals surface area (Å²) in [6, 6.07) is 12.0. The third-order valence-electron chi connectivity index (χ3n) is 7.25. The molecule has 3 heterocycles. The second-order valence-electron chi connectivity index (χ2n) is 9.77. The van der Waals surface area contributed by atoms with Crippen LogP contribution < -0.4 is 15.0 Å². The average Bonchev–Trinajstić information content (AvgIpc) is 3.44. The predicted molar refractivity (Wildman–Crippen MR) is 150 cm³/mol. The summed E-state index contributed by atoms with van der Waals surface area (Å²) >= 11 is 0. The summed E-state index contributed by atoms with van der Waals surface area (Å²) in [5, 5.41) is 10.9. The fraction of sp³-hybridized carbons (Fsp3) is 0.300. The number of pyridine rings is 1. The van der Waals surface area contributed by atoms with Crippen molar-refractivity contribution in [1.82, 2.24) is 14.5 Å². The molecule has 5 rings (SSSR count). The Hall–Kier alpha value is -4.25. The van der Waals surface area contributed by atoms with Crippen molar-refractivity contribution in [1.29, 1.82) is 0 Å². The first-order chi connectivity index (χ1) is 19.7. The molecule has 1 aliphatic rings. The molecule has 0 bridgehead atoms. The summed E-state index contributed by atoms with van der Waals surface area (Å²) in [5.41, 5.74) is 1.23. The van der Waals surface area contributed by atoms with Crippen LogP contribution in [0.2, 0.25) is 0 Å². The number of sulfone groups is 1. The highest BCUT2D eigenvalue weighted by molar-refractivity contribution is 7.91. The molecule has 2 aromatic heterocycles. The summed E-state index contributed by atoms with van der Waals surface area (Å²) in [6.45, 7) is 5.48. The van der Waals surface area contributed by atoms with Gasteiger partial charge in [-0.05, 0) is 55.2 Å². The maximum absolute atomic E-state index is 14.1. The number of halogens is 1. The first kappa shape index (κ1) is 28.3. The van der Waals surface area contributed by atoms with Crippen LogP contribution in [0.3, 0.4) is 0 Å². The number of aromatic hydroxyl groups is 1. The zero-order chi connectivity index (χ0) is 29.3. The maximum Gasteiger partial charge on any atom is 0.277 e. The van der Waals surface area contributed by atoms with Gasteiger partial charge in [0.2, 0.25) is 28.5 Å². The van der Waals surface area contributed by atoms with Crippen LogP contribution in [0.25, 0.3) is 11.1 Å². The molecule has 4 aromatic rings. The van der Waals surface area contributed by atoms with E-state index < -0.39 is 38.2 Å². The van der Waals surface area contributed by atoms with Crippen LogP contribution in [0.4, 0.5) is 4.39 Å². The lowest BCUT2D eigenvalue weighted by atomic mass is 10.0. The van der Waals surface area contributed by atoms with Crippen LogP contribution in [-0.4, -0.2) is 34.9 Å². The van der Waals surface area contributed by atoms with Gasteiger partial charge in [0.1, 0.15) is 5.82 Å². The number of hydrogen-bond acceptors (Lipinski definition) is 8. The van der Waals surface area contributed by atoms with Gasteiger partial charge in [-0.3, -0.25) is 9.36 Å². The molecule has 1 atom stereocenters. The van der Waals surface area contributed by atoms with Crippen molar-refractivity contribution in [3.05, 3.63) is 88.0 Å². The molecule has 2 aromatic carbocycles. The van der Waals surface area contributed by atoms with Gasteiger partial charge in [0.05, 0.1) is 10.9 Å². The van der Waals surface area contributed by atoms with E-state index in [0.29, 0.717) is 53.0 Å². The molecule has 0 spiro atoms. The molecule has 0 saturated heterocycles. The molecule has 1 N–H and O–H groups in total. The zero-order valence-electron chi connectivity index (χ0n) is 22.9. The number of rotatable bonds is 9. The summed E-state index contributed by atoms with van der Waals surface area (Å²) in [6.07, 6.45) is 3.59. The van der Waals surface area contributed by atoms with Gasteiger partial charge in [0, 0.05) is 23.7 Å². The second kappa shape index (κ2) is 11.3. The Morgan fingerprint density at radius 2 is 1.85 bits per heavy atom. The van der Waals surface area contributed by atoms with Gasteiger partial charge in [0.15, 0.2) is 16.4 Å². The summed E-state index contributed by atoms with van der Waals surface area (Å²) in [7, 11) is -4.50. The van der Waals surface area contributed by atoms with E-state index in [9.17, 15) is 22.7 Å². The van der Waals surface area contributed by atoms with Gasteiger partial charge in [0.25, 0.3) is 5.56 Å². The highest BCUT2D eigenvalue weighted by Crippen LogP contribution is 2.41. The Kier molecular flexibility index (Phi) is 7.81. The summed E-state index contributed by atoms with van der Waals surface area (Å²) < 4.78 is 54.2. The van der Waals surface area contributed by atoms with Crippen LogP contribution in [-0.2, 0) is 16.3 Å². The van der Waals surface area contributed by atoms with Gasteiger partial charge in [-0.15, -0.1) is 0 Å². The number of benzene rings is 2. The van der Waals surface area contributed by atoms with Crippen molar-refractivity contribution in [2.24, 2.45) is 0 Å². The quantitative estimate of drug-likeness (QED) is 0.263. The van der Waals surface area contributed by atoms with Crippen LogP contribution in [0.1, 0.15) is 56.1 Å². The number of para-hydroxylation sites is 1. The molecular formula is C30H30FN3O6S. The first-order valence-electron chi connectivity index (χ1n) is 13.4. The van der Waals surface area contributed by atoms with E-state index in [1.54, 1.807) is 31.2 Å². The van der Waals surface area contributed by atoms with Gasteiger partial charge >= 0.3 is 0 Å². The monoisotopic (exact) mass is 579 g/mol. The Morgan fingerprint density at radius 3 is 2.56 bits per heavy atom. The fourth-order valence-electron chi connectivity index (χ4n) is 5.13. The number of aromatic nitrogens is 3. The molecule has 0 radical (unpaired) electrons. The van der Waals surface area contributed by atoms with Crippen molar-refractivity contribution < 1.29 is 27.4 Å². The van der Waals surface area contributed by atoms with E-state index in [1.165, 1.54) is 35.0 Å². The van der Waals surface area contributed by atoms with Crippen molar-refractivity contribution >= 4 is 9.84 Å². The van der Waals surface area contributed by atoms with Gasteiger partial charge in [-0.1, -0.05) is 44.5 Å². The Labute approximate surface area is 237 Å². The standard InChI is InChI=1S/C30H30FN3O6S/c1-4-6-10-25-33-29(35)27(30(36)34(25)23(5-2)22-8-7-9-24-26(22)40-17-39-24)41(37,38)20-13-11-19(12-14-20)21-15-16-32-28(31)18(21)3/h7-9,11-16,23,35H,4-6,10,17H2,1-3H3. The Balaban J connectivity index is 1.65. The first-order valence-corrected chi connectivity index (χ1v) is 14.9. The molecule has 1 unspecified atom stereocenters. The molecule has 0 fully saturated rings. The molecule has 0 saturated carbocycles. The van der Waals surface area contributed by atoms with Crippen LogP contribution >= 0.6 is 0 Å². The van der Waals surface area contributed by atoms with E-state index >= 15 is 0 Å². The number of ether oxygens (including phenoxy) is 2. The molecule has 1 aliphatic heterocycles. The van der Waals surface area contributed by atoms with Crippen LogP contribution in [0, 0.1) is 12.9 Å². The zero-order valence-corrected chi connectivity index (χ0v) is 23.7. The second-order valence-corrected chi connectivity index (χ2v) is 11.7. The van der Waals surface area contributed by atoms with E-state index in [4.69, 9.17) is 9.47 Å². The van der Waals surface area contributed by atoms with E-state index in [0.717, 1.165) is 6.42 Å². The van der Waals surface area contributed by atoms with Crippen molar-refractivity contribution in [2.45, 2.75) is 62.3 Å². The summed E-state index contributed by atoms with van der Waals surface area (Å²) in [4.78, 5) is 21.0. The number of fused-ring (bicyclic) bond motifs is 1. The molecule has 9 nitrogen and oxygen atoms in total. The molecule has 214 valence electrons. The fourth-order valence-corrected chi connectivity index (χ4v) is 6.47. The third kappa shape index (κ3) is 5.06. The minimum Gasteiger partial charge on any atom is -0.492 e. The van der Waals surface area contributed by atoms with Crippen LogP contribution in [0.5, 0.6) is 17.4 Å². The largest absolute Gasteiger partial charge is 0.492 e.